The van der Waals surface area contributed by atoms with Gasteiger partial charge in [0.2, 0.25) is 0 Å². The smallest absolute Gasteiger partial charge is 0.126 e. The summed E-state index contributed by atoms with van der Waals surface area (Å²) in [4.78, 5) is 0.448. The third-order valence-electron chi connectivity index (χ3n) is 2.44. The van der Waals surface area contributed by atoms with Crippen molar-refractivity contribution in [3.8, 4) is 0 Å². The Balaban J connectivity index is 2.40. The van der Waals surface area contributed by atoms with E-state index in [9.17, 15) is 8.78 Å². The van der Waals surface area contributed by atoms with Crippen molar-refractivity contribution >= 4 is 17.1 Å². The summed E-state index contributed by atoms with van der Waals surface area (Å²) in [6.45, 7) is 1.97. The maximum Gasteiger partial charge on any atom is 0.126 e. The Labute approximate surface area is 104 Å². The summed E-state index contributed by atoms with van der Waals surface area (Å²) in [5.41, 5.74) is 2.29. The van der Waals surface area contributed by atoms with Crippen molar-refractivity contribution in [3.63, 3.8) is 0 Å². The largest absolute Gasteiger partial charge is 0.207 e. The Morgan fingerprint density at radius 3 is 1.94 bits per heavy atom. The SMILES string of the molecule is Cc1ccc(C(=S)c2cc(F)cc(F)c2)cc1. The summed E-state index contributed by atoms with van der Waals surface area (Å²) in [6, 6.07) is 10.8. The molecule has 0 aromatic heterocycles. The van der Waals surface area contributed by atoms with E-state index in [2.05, 4.69) is 0 Å². The van der Waals surface area contributed by atoms with Crippen molar-refractivity contribution in [2.24, 2.45) is 0 Å². The summed E-state index contributed by atoms with van der Waals surface area (Å²) in [5.74, 6) is -1.23. The molecule has 0 fully saturated rings. The van der Waals surface area contributed by atoms with Crippen LogP contribution >= 0.6 is 12.2 Å². The second kappa shape index (κ2) is 4.72. The predicted molar refractivity (Wildman–Crippen MR) is 68.3 cm³/mol. The van der Waals surface area contributed by atoms with E-state index in [0.717, 1.165) is 17.2 Å². The van der Waals surface area contributed by atoms with Gasteiger partial charge in [0.1, 0.15) is 11.6 Å². The molecule has 0 N–H and O–H groups in total. The standard InChI is InChI=1S/C14H10F2S/c1-9-2-4-10(5-3-9)14(17)11-6-12(15)8-13(16)7-11/h2-8H,1H3. The van der Waals surface area contributed by atoms with Crippen LogP contribution in [0.5, 0.6) is 0 Å². The van der Waals surface area contributed by atoms with Crippen molar-refractivity contribution in [3.05, 3.63) is 70.8 Å². The topological polar surface area (TPSA) is 0 Å². The van der Waals surface area contributed by atoms with E-state index < -0.39 is 11.6 Å². The third kappa shape index (κ3) is 2.74. The molecular weight excluding hydrogens is 238 g/mol. The first-order valence-electron chi connectivity index (χ1n) is 5.14. The molecule has 0 aliphatic carbocycles. The van der Waals surface area contributed by atoms with Crippen molar-refractivity contribution in [1.82, 2.24) is 0 Å². The maximum atomic E-state index is 13.1. The molecule has 0 unspecified atom stereocenters. The Hall–Kier alpha value is -1.61. The molecule has 17 heavy (non-hydrogen) atoms. The molecule has 2 aromatic rings. The highest BCUT2D eigenvalue weighted by atomic mass is 32.1. The van der Waals surface area contributed by atoms with Crippen LogP contribution < -0.4 is 0 Å². The molecule has 3 heteroatoms. The molecule has 0 spiro atoms. The maximum absolute atomic E-state index is 13.1. The Kier molecular flexibility index (Phi) is 3.29. The third-order valence-corrected chi connectivity index (χ3v) is 2.91. The Bertz CT molecular complexity index is 539. The molecule has 0 nitrogen and oxygen atoms in total. The Morgan fingerprint density at radius 1 is 0.882 bits per heavy atom. The monoisotopic (exact) mass is 248 g/mol. The van der Waals surface area contributed by atoms with Crippen LogP contribution in [0.3, 0.4) is 0 Å². The second-order valence-corrected chi connectivity index (χ2v) is 4.26. The summed E-state index contributed by atoms with van der Waals surface area (Å²) in [6.07, 6.45) is 0. The van der Waals surface area contributed by atoms with E-state index in [4.69, 9.17) is 12.2 Å². The summed E-state index contributed by atoms with van der Waals surface area (Å²) < 4.78 is 26.1. The average molecular weight is 248 g/mol. The van der Waals surface area contributed by atoms with E-state index in [0.29, 0.717) is 10.4 Å². The summed E-state index contributed by atoms with van der Waals surface area (Å²) in [7, 11) is 0. The lowest BCUT2D eigenvalue weighted by atomic mass is 10.0. The van der Waals surface area contributed by atoms with Crippen LogP contribution in [-0.4, -0.2) is 4.86 Å². The number of rotatable bonds is 2. The van der Waals surface area contributed by atoms with Gasteiger partial charge in [-0.1, -0.05) is 42.0 Å². The molecule has 0 heterocycles. The minimum atomic E-state index is -0.616. The van der Waals surface area contributed by atoms with Gasteiger partial charge in [0.25, 0.3) is 0 Å². The van der Waals surface area contributed by atoms with Crippen LogP contribution in [0.15, 0.2) is 42.5 Å². The molecule has 0 aliphatic rings. The molecule has 0 bridgehead atoms. The molecule has 0 aliphatic heterocycles. The first kappa shape index (κ1) is 11.9. The van der Waals surface area contributed by atoms with Gasteiger partial charge in [-0.3, -0.25) is 0 Å². The van der Waals surface area contributed by atoms with Crippen molar-refractivity contribution in [2.45, 2.75) is 6.92 Å². The molecule has 0 saturated heterocycles. The lowest BCUT2D eigenvalue weighted by Gasteiger charge is -2.05. The molecule has 86 valence electrons. The summed E-state index contributed by atoms with van der Waals surface area (Å²) in [5, 5.41) is 0. The van der Waals surface area contributed by atoms with Crippen LogP contribution in [0, 0.1) is 18.6 Å². The highest BCUT2D eigenvalue weighted by molar-refractivity contribution is 7.81. The fraction of sp³-hybridized carbons (Fsp3) is 0.0714. The van der Waals surface area contributed by atoms with Gasteiger partial charge in [0.05, 0.1) is 4.86 Å². The molecule has 0 atom stereocenters. The van der Waals surface area contributed by atoms with E-state index in [1.54, 1.807) is 0 Å². The predicted octanol–water partition coefficient (Wildman–Crippen LogP) is 4.04. The minimum Gasteiger partial charge on any atom is -0.207 e. The lowest BCUT2D eigenvalue weighted by molar-refractivity contribution is 0.583. The van der Waals surface area contributed by atoms with E-state index in [1.807, 2.05) is 31.2 Å². The van der Waals surface area contributed by atoms with Gasteiger partial charge in [0.15, 0.2) is 0 Å². The normalized spacial score (nSPS) is 10.3. The second-order valence-electron chi connectivity index (χ2n) is 3.85. The average Bonchev–Trinajstić information content (AvgIpc) is 2.28. The van der Waals surface area contributed by atoms with Gasteiger partial charge < -0.3 is 0 Å². The van der Waals surface area contributed by atoms with Crippen molar-refractivity contribution in [2.75, 3.05) is 0 Å². The molecule has 0 saturated carbocycles. The molecular formula is C14H10F2S. The number of hydrogen-bond donors (Lipinski definition) is 0. The van der Waals surface area contributed by atoms with Gasteiger partial charge in [-0.15, -0.1) is 0 Å². The van der Waals surface area contributed by atoms with Crippen LogP contribution in [0.2, 0.25) is 0 Å². The number of hydrogen-bond acceptors (Lipinski definition) is 1. The molecule has 2 aromatic carbocycles. The number of halogens is 2. The van der Waals surface area contributed by atoms with Gasteiger partial charge in [-0.2, -0.15) is 0 Å². The van der Waals surface area contributed by atoms with Crippen molar-refractivity contribution < 1.29 is 8.78 Å². The Morgan fingerprint density at radius 2 is 1.41 bits per heavy atom. The highest BCUT2D eigenvalue weighted by Crippen LogP contribution is 2.15. The van der Waals surface area contributed by atoms with Crippen LogP contribution in [0.4, 0.5) is 8.78 Å². The van der Waals surface area contributed by atoms with Crippen LogP contribution in [-0.2, 0) is 0 Å². The van der Waals surface area contributed by atoms with Crippen molar-refractivity contribution in [1.29, 1.82) is 0 Å². The number of thiocarbonyl (C=S) groups is 1. The van der Waals surface area contributed by atoms with Crippen LogP contribution in [0.1, 0.15) is 16.7 Å². The molecule has 2 rings (SSSR count). The fourth-order valence-corrected chi connectivity index (χ4v) is 1.81. The first-order chi connectivity index (χ1) is 8.06. The highest BCUT2D eigenvalue weighted by Gasteiger charge is 2.07. The van der Waals surface area contributed by atoms with Gasteiger partial charge in [-0.05, 0) is 30.2 Å². The minimum absolute atomic E-state index is 0.390. The van der Waals surface area contributed by atoms with Gasteiger partial charge >= 0.3 is 0 Å². The lowest BCUT2D eigenvalue weighted by Crippen LogP contribution is -2.01. The van der Waals surface area contributed by atoms with E-state index in [-0.39, 0.29) is 0 Å². The van der Waals surface area contributed by atoms with Gasteiger partial charge in [0, 0.05) is 6.07 Å². The zero-order valence-corrected chi connectivity index (χ0v) is 10.0. The van der Waals surface area contributed by atoms with E-state index >= 15 is 0 Å². The van der Waals surface area contributed by atoms with Crippen LogP contribution in [0.25, 0.3) is 0 Å². The van der Waals surface area contributed by atoms with E-state index in [1.165, 1.54) is 12.1 Å². The number of benzene rings is 2. The molecule has 0 radical (unpaired) electrons. The zero-order chi connectivity index (χ0) is 12.4. The first-order valence-corrected chi connectivity index (χ1v) is 5.54. The fourth-order valence-electron chi connectivity index (χ4n) is 1.56. The number of aryl methyl sites for hydroxylation is 1. The van der Waals surface area contributed by atoms with Gasteiger partial charge in [-0.25, -0.2) is 8.78 Å². The molecule has 0 amide bonds. The quantitative estimate of drug-likeness (QED) is 0.571. The summed E-state index contributed by atoms with van der Waals surface area (Å²) >= 11 is 5.22. The zero-order valence-electron chi connectivity index (χ0n) is 9.21.